The van der Waals surface area contributed by atoms with Gasteiger partial charge in [-0.1, -0.05) is 19.9 Å². The van der Waals surface area contributed by atoms with Crippen molar-refractivity contribution in [2.45, 2.75) is 20.3 Å². The molecule has 0 saturated heterocycles. The van der Waals surface area contributed by atoms with Crippen LogP contribution in [0.3, 0.4) is 0 Å². The molecule has 0 spiro atoms. The third-order valence-electron chi connectivity index (χ3n) is 3.36. The summed E-state index contributed by atoms with van der Waals surface area (Å²) >= 11 is 0. The molecule has 0 radical (unpaired) electrons. The topological polar surface area (TPSA) is 21.3 Å². The van der Waals surface area contributed by atoms with Crippen LogP contribution in [0, 0.1) is 23.5 Å². The van der Waals surface area contributed by atoms with E-state index in [-0.39, 0.29) is 11.5 Å². The van der Waals surface area contributed by atoms with Gasteiger partial charge in [0.05, 0.1) is 6.61 Å². The van der Waals surface area contributed by atoms with Crippen LogP contribution in [0.25, 0.3) is 0 Å². The molecule has 0 bridgehead atoms. The van der Waals surface area contributed by atoms with E-state index in [0.29, 0.717) is 18.9 Å². The van der Waals surface area contributed by atoms with Crippen LogP contribution in [0.5, 0.6) is 0 Å². The number of halogens is 2. The summed E-state index contributed by atoms with van der Waals surface area (Å²) in [6.07, 6.45) is 0.413. The second-order valence-electron chi connectivity index (χ2n) is 5.11. The van der Waals surface area contributed by atoms with E-state index in [4.69, 9.17) is 4.74 Å². The molecule has 1 N–H and O–H groups in total. The predicted octanol–water partition coefficient (Wildman–Crippen LogP) is 3.02. The van der Waals surface area contributed by atoms with Gasteiger partial charge in [-0.3, -0.25) is 0 Å². The molecule has 1 atom stereocenters. The molecule has 19 heavy (non-hydrogen) atoms. The molecule has 108 valence electrons. The highest BCUT2D eigenvalue weighted by molar-refractivity contribution is 5.20. The smallest absolute Gasteiger partial charge is 0.129 e. The van der Waals surface area contributed by atoms with E-state index >= 15 is 0 Å². The molecule has 1 aromatic rings. The van der Waals surface area contributed by atoms with Crippen molar-refractivity contribution in [3.05, 3.63) is 35.4 Å². The summed E-state index contributed by atoms with van der Waals surface area (Å²) in [7, 11) is 1.65. The van der Waals surface area contributed by atoms with Crippen molar-refractivity contribution in [2.75, 3.05) is 26.8 Å². The second kappa shape index (κ2) is 8.23. The number of hydrogen-bond acceptors (Lipinski definition) is 2. The largest absolute Gasteiger partial charge is 0.383 e. The van der Waals surface area contributed by atoms with Crippen LogP contribution in [0.15, 0.2) is 18.2 Å². The monoisotopic (exact) mass is 271 g/mol. The van der Waals surface area contributed by atoms with Gasteiger partial charge in [0.25, 0.3) is 0 Å². The first-order valence-corrected chi connectivity index (χ1v) is 6.68. The summed E-state index contributed by atoms with van der Waals surface area (Å²) < 4.78 is 32.2. The SMILES string of the molecule is COCCNCC(Cc1c(F)cccc1F)C(C)C. The second-order valence-corrected chi connectivity index (χ2v) is 5.11. The average molecular weight is 271 g/mol. The quantitative estimate of drug-likeness (QED) is 0.734. The lowest BCUT2D eigenvalue weighted by molar-refractivity contribution is 0.196. The maximum atomic E-state index is 13.6. The van der Waals surface area contributed by atoms with Gasteiger partial charge in [-0.05, 0) is 36.9 Å². The normalized spacial score (nSPS) is 12.9. The van der Waals surface area contributed by atoms with Gasteiger partial charge in [-0.25, -0.2) is 8.78 Å². The van der Waals surface area contributed by atoms with Crippen molar-refractivity contribution in [3.8, 4) is 0 Å². The third-order valence-corrected chi connectivity index (χ3v) is 3.36. The van der Waals surface area contributed by atoms with E-state index in [1.54, 1.807) is 7.11 Å². The van der Waals surface area contributed by atoms with E-state index in [1.807, 2.05) is 0 Å². The van der Waals surface area contributed by atoms with Crippen LogP contribution in [0.4, 0.5) is 8.78 Å². The van der Waals surface area contributed by atoms with Crippen LogP contribution in [0.2, 0.25) is 0 Å². The van der Waals surface area contributed by atoms with Gasteiger partial charge < -0.3 is 10.1 Å². The maximum absolute atomic E-state index is 13.6. The molecule has 0 aliphatic rings. The molecular weight excluding hydrogens is 248 g/mol. The zero-order valence-corrected chi connectivity index (χ0v) is 11.9. The summed E-state index contributed by atoms with van der Waals surface area (Å²) in [5.41, 5.74) is 0.190. The molecule has 0 aromatic heterocycles. The lowest BCUT2D eigenvalue weighted by Gasteiger charge is -2.22. The molecule has 1 rings (SSSR count). The number of rotatable bonds is 8. The highest BCUT2D eigenvalue weighted by atomic mass is 19.1. The van der Waals surface area contributed by atoms with E-state index in [9.17, 15) is 8.78 Å². The lowest BCUT2D eigenvalue weighted by atomic mass is 9.88. The fourth-order valence-corrected chi connectivity index (χ4v) is 1.99. The number of methoxy groups -OCH3 is 1. The highest BCUT2D eigenvalue weighted by Gasteiger charge is 2.18. The zero-order valence-electron chi connectivity index (χ0n) is 11.9. The molecule has 0 saturated carbocycles. The van der Waals surface area contributed by atoms with E-state index < -0.39 is 11.6 Å². The summed E-state index contributed by atoms with van der Waals surface area (Å²) in [6, 6.07) is 4.03. The van der Waals surface area contributed by atoms with E-state index in [1.165, 1.54) is 18.2 Å². The van der Waals surface area contributed by atoms with Crippen LogP contribution in [-0.2, 0) is 11.2 Å². The Balaban J connectivity index is 2.62. The molecule has 1 aromatic carbocycles. The van der Waals surface area contributed by atoms with E-state index in [0.717, 1.165) is 13.1 Å². The van der Waals surface area contributed by atoms with Crippen LogP contribution >= 0.6 is 0 Å². The maximum Gasteiger partial charge on any atom is 0.129 e. The highest BCUT2D eigenvalue weighted by Crippen LogP contribution is 2.21. The number of hydrogen-bond donors (Lipinski definition) is 1. The fraction of sp³-hybridized carbons (Fsp3) is 0.600. The molecule has 0 amide bonds. The minimum atomic E-state index is -0.456. The molecule has 0 aliphatic heterocycles. The Morgan fingerprint density at radius 3 is 2.37 bits per heavy atom. The minimum absolute atomic E-state index is 0.190. The number of nitrogens with one attached hydrogen (secondary N) is 1. The fourth-order valence-electron chi connectivity index (χ4n) is 1.99. The molecule has 0 heterocycles. The van der Waals surface area contributed by atoms with Crippen molar-refractivity contribution in [1.82, 2.24) is 5.32 Å². The zero-order chi connectivity index (χ0) is 14.3. The minimum Gasteiger partial charge on any atom is -0.383 e. The van der Waals surface area contributed by atoms with Gasteiger partial charge >= 0.3 is 0 Å². The van der Waals surface area contributed by atoms with Gasteiger partial charge in [0.1, 0.15) is 11.6 Å². The Morgan fingerprint density at radius 2 is 1.84 bits per heavy atom. The Bertz CT molecular complexity index is 362. The molecular formula is C15H23F2NO. The summed E-state index contributed by atoms with van der Waals surface area (Å²) in [5.74, 6) is -0.359. The first-order chi connectivity index (χ1) is 9.06. The van der Waals surface area contributed by atoms with Crippen molar-refractivity contribution in [3.63, 3.8) is 0 Å². The molecule has 1 unspecified atom stereocenters. The predicted molar refractivity (Wildman–Crippen MR) is 73.1 cm³/mol. The van der Waals surface area contributed by atoms with Crippen LogP contribution in [-0.4, -0.2) is 26.8 Å². The van der Waals surface area contributed by atoms with Crippen molar-refractivity contribution in [2.24, 2.45) is 11.8 Å². The van der Waals surface area contributed by atoms with Crippen LogP contribution < -0.4 is 5.32 Å². The van der Waals surface area contributed by atoms with E-state index in [2.05, 4.69) is 19.2 Å². The number of ether oxygens (including phenoxy) is 1. The Morgan fingerprint density at radius 1 is 1.21 bits per heavy atom. The summed E-state index contributed by atoms with van der Waals surface area (Å²) in [4.78, 5) is 0. The number of benzene rings is 1. The van der Waals surface area contributed by atoms with Crippen molar-refractivity contribution in [1.29, 1.82) is 0 Å². The molecule has 2 nitrogen and oxygen atoms in total. The van der Waals surface area contributed by atoms with Crippen molar-refractivity contribution < 1.29 is 13.5 Å². The van der Waals surface area contributed by atoms with Gasteiger partial charge in [0.2, 0.25) is 0 Å². The molecule has 0 aliphatic carbocycles. The van der Waals surface area contributed by atoms with Gasteiger partial charge in [-0.2, -0.15) is 0 Å². The Hall–Kier alpha value is -1.00. The van der Waals surface area contributed by atoms with Gasteiger partial charge in [-0.15, -0.1) is 0 Å². The van der Waals surface area contributed by atoms with Gasteiger partial charge in [0, 0.05) is 19.2 Å². The summed E-state index contributed by atoms with van der Waals surface area (Å²) in [6.45, 7) is 6.26. The first-order valence-electron chi connectivity index (χ1n) is 6.68. The summed E-state index contributed by atoms with van der Waals surface area (Å²) in [5, 5.41) is 3.26. The van der Waals surface area contributed by atoms with Crippen LogP contribution in [0.1, 0.15) is 19.4 Å². The van der Waals surface area contributed by atoms with Gasteiger partial charge in [0.15, 0.2) is 0 Å². The lowest BCUT2D eigenvalue weighted by Crippen LogP contribution is -2.30. The Labute approximate surface area is 114 Å². The van der Waals surface area contributed by atoms with Crippen molar-refractivity contribution >= 4 is 0 Å². The molecule has 0 fully saturated rings. The third kappa shape index (κ3) is 5.25. The average Bonchev–Trinajstić information content (AvgIpc) is 2.36. The standard InChI is InChI=1S/C15H23F2NO/c1-11(2)12(10-18-7-8-19-3)9-13-14(16)5-4-6-15(13)17/h4-6,11-12,18H,7-10H2,1-3H3. The molecule has 4 heteroatoms. The Kier molecular flexibility index (Phi) is 6.95. The first kappa shape index (κ1) is 16.1.